The van der Waals surface area contributed by atoms with Crippen molar-refractivity contribution in [1.29, 1.82) is 0 Å². The molecule has 8 heteroatoms. The zero-order chi connectivity index (χ0) is 25.8. The van der Waals surface area contributed by atoms with Crippen LogP contribution in [0.3, 0.4) is 0 Å². The first kappa shape index (κ1) is 24.8. The molecule has 0 radical (unpaired) electrons. The second kappa shape index (κ2) is 10.5. The van der Waals surface area contributed by atoms with Crippen LogP contribution in [0.25, 0.3) is 5.76 Å². The number of nitrogens with zero attached hydrogens (tertiary/aromatic N) is 1. The van der Waals surface area contributed by atoms with E-state index in [1.54, 1.807) is 62.6 Å². The third kappa shape index (κ3) is 4.88. The van der Waals surface area contributed by atoms with E-state index in [0.29, 0.717) is 28.4 Å². The molecule has 1 saturated heterocycles. The van der Waals surface area contributed by atoms with Gasteiger partial charge in [0.05, 0.1) is 32.4 Å². The minimum atomic E-state index is -0.860. The highest BCUT2D eigenvalue weighted by Gasteiger charge is 2.46. The second-order valence-corrected chi connectivity index (χ2v) is 8.25. The van der Waals surface area contributed by atoms with E-state index >= 15 is 0 Å². The number of Topliss-reactive ketones (excluding diaryl/α,β-unsaturated/α-hetero) is 1. The Morgan fingerprint density at radius 2 is 1.50 bits per heavy atom. The maximum Gasteiger partial charge on any atom is 0.295 e. The Labute approximate surface area is 208 Å². The van der Waals surface area contributed by atoms with Crippen molar-refractivity contribution in [2.24, 2.45) is 0 Å². The van der Waals surface area contributed by atoms with E-state index in [4.69, 9.17) is 14.2 Å². The largest absolute Gasteiger partial charge is 0.507 e. The Kier molecular flexibility index (Phi) is 7.24. The summed E-state index contributed by atoms with van der Waals surface area (Å²) < 4.78 is 30.0. The molecule has 0 spiro atoms. The highest BCUT2D eigenvalue weighted by atomic mass is 19.1. The van der Waals surface area contributed by atoms with Gasteiger partial charge in [-0.3, -0.25) is 9.59 Å². The quantitative estimate of drug-likeness (QED) is 0.281. The van der Waals surface area contributed by atoms with Crippen molar-refractivity contribution in [3.05, 3.63) is 94.8 Å². The van der Waals surface area contributed by atoms with Crippen LogP contribution in [-0.2, 0) is 9.59 Å². The van der Waals surface area contributed by atoms with Gasteiger partial charge in [-0.2, -0.15) is 0 Å². The molecule has 0 bridgehead atoms. The summed E-state index contributed by atoms with van der Waals surface area (Å²) in [6, 6.07) is 17.1. The Morgan fingerprint density at radius 3 is 2.08 bits per heavy atom. The lowest BCUT2D eigenvalue weighted by Crippen LogP contribution is -2.33. The Hall–Kier alpha value is -4.33. The number of aliphatic hydroxyl groups is 1. The molecule has 1 amide bonds. The van der Waals surface area contributed by atoms with Gasteiger partial charge in [-0.05, 0) is 72.6 Å². The summed E-state index contributed by atoms with van der Waals surface area (Å²) in [4.78, 5) is 27.6. The van der Waals surface area contributed by atoms with E-state index in [9.17, 15) is 19.1 Å². The summed E-state index contributed by atoms with van der Waals surface area (Å²) in [6.07, 6.45) is 0. The summed E-state index contributed by atoms with van der Waals surface area (Å²) in [5, 5.41) is 11.1. The first-order chi connectivity index (χ1) is 17.3. The van der Waals surface area contributed by atoms with Gasteiger partial charge in [-0.25, -0.2) is 4.39 Å². The molecule has 3 aromatic rings. The molecule has 1 unspecified atom stereocenters. The third-order valence-electron chi connectivity index (χ3n) is 6.06. The van der Waals surface area contributed by atoms with Crippen molar-refractivity contribution in [2.45, 2.75) is 13.0 Å². The number of carbonyl (C=O) groups excluding carboxylic acids is 2. The number of aliphatic hydroxyl groups excluding tert-OH is 1. The molecule has 4 rings (SSSR count). The van der Waals surface area contributed by atoms with Crippen LogP contribution in [0.5, 0.6) is 17.2 Å². The number of halogens is 1. The average Bonchev–Trinajstić information content (AvgIpc) is 3.15. The molecule has 0 aliphatic carbocycles. The van der Waals surface area contributed by atoms with Crippen LogP contribution < -0.4 is 14.2 Å². The number of likely N-dealkylation sites (tertiary alicyclic amines) is 1. The van der Waals surface area contributed by atoms with Crippen molar-refractivity contribution < 1.29 is 33.3 Å². The van der Waals surface area contributed by atoms with Crippen LogP contribution in [0.4, 0.5) is 4.39 Å². The molecule has 1 aliphatic heterocycles. The fraction of sp³-hybridized carbons (Fsp3) is 0.214. The average molecular weight is 492 g/mol. The van der Waals surface area contributed by atoms with E-state index in [1.807, 2.05) is 0 Å². The van der Waals surface area contributed by atoms with Crippen LogP contribution >= 0.6 is 0 Å². The van der Waals surface area contributed by atoms with Crippen LogP contribution in [0.1, 0.15) is 22.7 Å². The predicted octanol–water partition coefficient (Wildman–Crippen LogP) is 4.65. The predicted molar refractivity (Wildman–Crippen MR) is 132 cm³/mol. The summed E-state index contributed by atoms with van der Waals surface area (Å²) in [5.74, 6) is -0.508. The van der Waals surface area contributed by atoms with E-state index in [2.05, 4.69) is 0 Å². The Morgan fingerprint density at radius 1 is 0.917 bits per heavy atom. The van der Waals surface area contributed by atoms with Crippen molar-refractivity contribution in [1.82, 2.24) is 4.90 Å². The maximum absolute atomic E-state index is 13.8. The number of aryl methyl sites for hydroxylation is 1. The first-order valence-corrected chi connectivity index (χ1v) is 11.3. The van der Waals surface area contributed by atoms with Gasteiger partial charge in [0.15, 0.2) is 0 Å². The van der Waals surface area contributed by atoms with Gasteiger partial charge >= 0.3 is 0 Å². The van der Waals surface area contributed by atoms with E-state index < -0.39 is 23.5 Å². The fourth-order valence-electron chi connectivity index (χ4n) is 4.12. The zero-order valence-electron chi connectivity index (χ0n) is 20.2. The summed E-state index contributed by atoms with van der Waals surface area (Å²) in [6.45, 7) is 1.76. The minimum absolute atomic E-state index is 0.0689. The monoisotopic (exact) mass is 491 g/mol. The lowest BCUT2D eigenvalue weighted by atomic mass is 9.95. The number of hydrogen-bond donors (Lipinski definition) is 1. The van der Waals surface area contributed by atoms with E-state index in [-0.39, 0.29) is 30.0 Å². The van der Waals surface area contributed by atoms with Crippen LogP contribution in [0.15, 0.2) is 72.3 Å². The number of hydrogen-bond acceptors (Lipinski definition) is 6. The number of ketones is 1. The van der Waals surface area contributed by atoms with Crippen molar-refractivity contribution in [3.63, 3.8) is 0 Å². The summed E-state index contributed by atoms with van der Waals surface area (Å²) in [7, 11) is 3.10. The minimum Gasteiger partial charge on any atom is -0.507 e. The molecular weight excluding hydrogens is 465 g/mol. The normalized spacial score (nSPS) is 16.8. The topological polar surface area (TPSA) is 85.3 Å². The third-order valence-corrected chi connectivity index (χ3v) is 6.06. The number of carbonyl (C=O) groups is 2. The molecule has 7 nitrogen and oxygen atoms in total. The Balaban J connectivity index is 1.68. The van der Waals surface area contributed by atoms with Gasteiger partial charge in [0.2, 0.25) is 0 Å². The van der Waals surface area contributed by atoms with Crippen LogP contribution in [-0.4, -0.2) is 49.1 Å². The number of ether oxygens (including phenoxy) is 3. The number of benzene rings is 3. The highest BCUT2D eigenvalue weighted by Crippen LogP contribution is 2.39. The Bertz CT molecular complexity index is 1300. The van der Waals surface area contributed by atoms with Gasteiger partial charge in [0, 0.05) is 5.56 Å². The molecule has 3 aromatic carbocycles. The lowest BCUT2D eigenvalue weighted by Gasteiger charge is -2.25. The van der Waals surface area contributed by atoms with Gasteiger partial charge in [0.1, 0.15) is 35.4 Å². The standard InChI is InChI=1S/C28H26FNO6/c1-17-16-19(6-13-23(17)29)26(31)24-25(18-4-7-20(34-2)8-5-18)30(28(33)27(24)32)14-15-36-22-11-9-21(35-3)10-12-22/h4-13,16,25,31H,14-15H2,1-3H3/b26-24-. The van der Waals surface area contributed by atoms with Gasteiger partial charge in [0.25, 0.3) is 11.7 Å². The molecule has 0 saturated carbocycles. The molecular formula is C28H26FNO6. The molecule has 1 fully saturated rings. The molecule has 1 aliphatic rings. The van der Waals surface area contributed by atoms with Crippen molar-refractivity contribution >= 4 is 17.4 Å². The molecule has 186 valence electrons. The molecule has 1 atom stereocenters. The molecule has 1 N–H and O–H groups in total. The molecule has 1 heterocycles. The fourth-order valence-corrected chi connectivity index (χ4v) is 4.12. The van der Waals surface area contributed by atoms with Crippen LogP contribution in [0.2, 0.25) is 0 Å². The highest BCUT2D eigenvalue weighted by molar-refractivity contribution is 6.46. The second-order valence-electron chi connectivity index (χ2n) is 8.25. The van der Waals surface area contributed by atoms with Crippen molar-refractivity contribution in [2.75, 3.05) is 27.4 Å². The van der Waals surface area contributed by atoms with Crippen LogP contribution in [0, 0.1) is 12.7 Å². The lowest BCUT2D eigenvalue weighted by molar-refractivity contribution is -0.140. The van der Waals surface area contributed by atoms with E-state index in [1.165, 1.54) is 30.2 Å². The summed E-state index contributed by atoms with van der Waals surface area (Å²) in [5.41, 5.74) is 1.10. The number of rotatable bonds is 8. The molecule has 36 heavy (non-hydrogen) atoms. The summed E-state index contributed by atoms with van der Waals surface area (Å²) >= 11 is 0. The molecule has 0 aromatic heterocycles. The van der Waals surface area contributed by atoms with Gasteiger partial charge in [-0.1, -0.05) is 12.1 Å². The zero-order valence-corrected chi connectivity index (χ0v) is 20.2. The van der Waals surface area contributed by atoms with E-state index in [0.717, 1.165) is 0 Å². The van der Waals surface area contributed by atoms with Crippen molar-refractivity contribution in [3.8, 4) is 17.2 Å². The first-order valence-electron chi connectivity index (χ1n) is 11.3. The smallest absolute Gasteiger partial charge is 0.295 e. The number of methoxy groups -OCH3 is 2. The number of amides is 1. The van der Waals surface area contributed by atoms with Gasteiger partial charge < -0.3 is 24.2 Å². The SMILES string of the molecule is COc1ccc(OCCN2C(=O)C(=O)/C(=C(\O)c3ccc(F)c(C)c3)C2c2ccc(OC)cc2)cc1. The maximum atomic E-state index is 13.8. The van der Waals surface area contributed by atoms with Gasteiger partial charge in [-0.15, -0.1) is 0 Å².